The van der Waals surface area contributed by atoms with Crippen molar-refractivity contribution in [3.63, 3.8) is 0 Å². The summed E-state index contributed by atoms with van der Waals surface area (Å²) in [5.74, 6) is 0.599. The number of phenolic OH excluding ortho intramolecular Hbond substituents is 1. The quantitative estimate of drug-likeness (QED) is 0.810. The fourth-order valence-electron chi connectivity index (χ4n) is 2.03. The van der Waals surface area contributed by atoms with Gasteiger partial charge in [0.1, 0.15) is 5.75 Å². The van der Waals surface area contributed by atoms with Gasteiger partial charge in [-0.2, -0.15) is 0 Å². The van der Waals surface area contributed by atoms with Gasteiger partial charge in [0.15, 0.2) is 0 Å². The van der Waals surface area contributed by atoms with Crippen molar-refractivity contribution < 1.29 is 9.63 Å². The summed E-state index contributed by atoms with van der Waals surface area (Å²) in [4.78, 5) is 0. The van der Waals surface area contributed by atoms with Crippen LogP contribution in [0.4, 0.5) is 5.88 Å². The van der Waals surface area contributed by atoms with Crippen LogP contribution in [0.3, 0.4) is 0 Å². The molecule has 0 fully saturated rings. The Balaban J connectivity index is 2.66. The number of anilines is 1. The molecule has 3 N–H and O–H groups in total. The number of benzene rings is 1. The van der Waals surface area contributed by atoms with Gasteiger partial charge in [-0.3, -0.25) is 0 Å². The zero-order valence-corrected chi connectivity index (χ0v) is 11.1. The summed E-state index contributed by atoms with van der Waals surface area (Å²) >= 11 is 0. The molecule has 0 atom stereocenters. The van der Waals surface area contributed by atoms with Crippen LogP contribution in [0.1, 0.15) is 31.9 Å². The summed E-state index contributed by atoms with van der Waals surface area (Å²) in [5, 5.41) is 13.7. The Morgan fingerprint density at radius 2 is 1.89 bits per heavy atom. The SMILES string of the molecule is Cc1cc(O)c(C(C)(C)C)cc1-c1cnoc1N. The van der Waals surface area contributed by atoms with Crippen LogP contribution in [-0.2, 0) is 5.41 Å². The number of aryl methyl sites for hydroxylation is 1. The minimum atomic E-state index is -0.140. The van der Waals surface area contributed by atoms with E-state index in [4.69, 9.17) is 10.3 Å². The average molecular weight is 246 g/mol. The summed E-state index contributed by atoms with van der Waals surface area (Å²) in [6, 6.07) is 3.70. The highest BCUT2D eigenvalue weighted by Gasteiger charge is 2.21. The van der Waals surface area contributed by atoms with Gasteiger partial charge in [0.25, 0.3) is 0 Å². The second-order valence-corrected chi connectivity index (χ2v) is 5.54. The summed E-state index contributed by atoms with van der Waals surface area (Å²) in [6.07, 6.45) is 1.60. The Kier molecular flexibility index (Phi) is 2.81. The smallest absolute Gasteiger partial charge is 0.229 e. The Hall–Kier alpha value is -1.97. The Bertz CT molecular complexity index is 580. The Morgan fingerprint density at radius 1 is 1.22 bits per heavy atom. The van der Waals surface area contributed by atoms with E-state index in [1.54, 1.807) is 12.3 Å². The topological polar surface area (TPSA) is 72.3 Å². The number of nitrogens with two attached hydrogens (primary N) is 1. The molecule has 2 rings (SSSR count). The normalized spacial score (nSPS) is 11.8. The molecule has 4 nitrogen and oxygen atoms in total. The summed E-state index contributed by atoms with van der Waals surface area (Å²) in [7, 11) is 0. The van der Waals surface area contributed by atoms with E-state index in [2.05, 4.69) is 25.9 Å². The van der Waals surface area contributed by atoms with Crippen molar-refractivity contribution in [2.45, 2.75) is 33.1 Å². The molecular formula is C14H18N2O2. The summed E-state index contributed by atoms with van der Waals surface area (Å²) in [6.45, 7) is 8.09. The van der Waals surface area contributed by atoms with Crippen LogP contribution in [-0.4, -0.2) is 10.3 Å². The highest BCUT2D eigenvalue weighted by Crippen LogP contribution is 2.37. The van der Waals surface area contributed by atoms with E-state index in [0.29, 0.717) is 11.6 Å². The number of phenols is 1. The fraction of sp³-hybridized carbons (Fsp3) is 0.357. The number of nitrogens with zero attached hydrogens (tertiary/aromatic N) is 1. The predicted octanol–water partition coefficient (Wildman–Crippen LogP) is 3.24. The lowest BCUT2D eigenvalue weighted by molar-refractivity contribution is 0.436. The highest BCUT2D eigenvalue weighted by atomic mass is 16.5. The molecule has 18 heavy (non-hydrogen) atoms. The van der Waals surface area contributed by atoms with E-state index < -0.39 is 0 Å². The molecule has 1 aromatic carbocycles. The van der Waals surface area contributed by atoms with Crippen molar-refractivity contribution in [2.24, 2.45) is 0 Å². The molecule has 0 bridgehead atoms. The monoisotopic (exact) mass is 246 g/mol. The van der Waals surface area contributed by atoms with Gasteiger partial charge in [0, 0.05) is 0 Å². The third-order valence-corrected chi connectivity index (χ3v) is 3.04. The lowest BCUT2D eigenvalue weighted by Gasteiger charge is -2.22. The van der Waals surface area contributed by atoms with Gasteiger partial charge in [-0.15, -0.1) is 0 Å². The molecule has 96 valence electrons. The van der Waals surface area contributed by atoms with E-state index >= 15 is 0 Å². The van der Waals surface area contributed by atoms with E-state index in [0.717, 1.165) is 22.3 Å². The van der Waals surface area contributed by atoms with Crippen molar-refractivity contribution in [1.82, 2.24) is 5.16 Å². The van der Waals surface area contributed by atoms with Crippen LogP contribution in [0.2, 0.25) is 0 Å². The zero-order chi connectivity index (χ0) is 13.5. The average Bonchev–Trinajstić information content (AvgIpc) is 2.62. The third kappa shape index (κ3) is 2.06. The molecule has 0 aliphatic heterocycles. The first-order chi connectivity index (χ1) is 8.30. The van der Waals surface area contributed by atoms with Crippen molar-refractivity contribution >= 4 is 5.88 Å². The van der Waals surface area contributed by atoms with Crippen molar-refractivity contribution in [3.8, 4) is 16.9 Å². The van der Waals surface area contributed by atoms with Gasteiger partial charge in [-0.1, -0.05) is 25.9 Å². The maximum absolute atomic E-state index is 10.0. The molecule has 4 heteroatoms. The molecule has 0 amide bonds. The van der Waals surface area contributed by atoms with Crippen molar-refractivity contribution in [3.05, 3.63) is 29.5 Å². The second-order valence-electron chi connectivity index (χ2n) is 5.54. The van der Waals surface area contributed by atoms with Gasteiger partial charge >= 0.3 is 0 Å². The molecule has 0 spiro atoms. The standard InChI is InChI=1S/C14H18N2O2/c1-8-5-12(17)11(14(2,3)4)6-9(8)10-7-16-18-13(10)15/h5-7,17H,15H2,1-4H3. The predicted molar refractivity (Wildman–Crippen MR) is 71.5 cm³/mol. The van der Waals surface area contributed by atoms with Gasteiger partial charge in [0.2, 0.25) is 5.88 Å². The first kappa shape index (κ1) is 12.5. The van der Waals surface area contributed by atoms with E-state index in [9.17, 15) is 5.11 Å². The Labute approximate surface area is 106 Å². The lowest BCUT2D eigenvalue weighted by atomic mass is 9.83. The van der Waals surface area contributed by atoms with E-state index in [-0.39, 0.29) is 5.41 Å². The maximum atomic E-state index is 10.0. The summed E-state index contributed by atoms with van der Waals surface area (Å²) in [5.41, 5.74) is 9.13. The molecule has 0 aliphatic carbocycles. The largest absolute Gasteiger partial charge is 0.508 e. The second kappa shape index (κ2) is 4.05. The molecule has 0 saturated heterocycles. The fourth-order valence-corrected chi connectivity index (χ4v) is 2.03. The molecule has 2 aromatic rings. The number of rotatable bonds is 1. The molecule has 0 unspecified atom stereocenters. The van der Waals surface area contributed by atoms with Crippen LogP contribution in [0, 0.1) is 6.92 Å². The number of aromatic hydroxyl groups is 1. The number of hydrogen-bond donors (Lipinski definition) is 2. The minimum Gasteiger partial charge on any atom is -0.508 e. The minimum absolute atomic E-state index is 0.140. The molecular weight excluding hydrogens is 228 g/mol. The van der Waals surface area contributed by atoms with Crippen LogP contribution in [0.5, 0.6) is 5.75 Å². The number of hydrogen-bond acceptors (Lipinski definition) is 4. The first-order valence-electron chi connectivity index (χ1n) is 5.85. The number of nitrogen functional groups attached to an aromatic ring is 1. The molecule has 1 heterocycles. The molecule has 0 aliphatic rings. The summed E-state index contributed by atoms with van der Waals surface area (Å²) < 4.78 is 4.89. The van der Waals surface area contributed by atoms with Crippen LogP contribution < -0.4 is 5.73 Å². The zero-order valence-electron chi connectivity index (χ0n) is 11.1. The van der Waals surface area contributed by atoms with E-state index in [1.807, 2.05) is 13.0 Å². The molecule has 1 aromatic heterocycles. The van der Waals surface area contributed by atoms with Gasteiger partial charge in [0.05, 0.1) is 11.8 Å². The van der Waals surface area contributed by atoms with Gasteiger partial charge in [-0.05, 0) is 41.2 Å². The van der Waals surface area contributed by atoms with Crippen LogP contribution in [0.15, 0.2) is 22.9 Å². The van der Waals surface area contributed by atoms with Crippen LogP contribution >= 0.6 is 0 Å². The highest BCUT2D eigenvalue weighted by molar-refractivity contribution is 5.76. The third-order valence-electron chi connectivity index (χ3n) is 3.04. The van der Waals surface area contributed by atoms with Gasteiger partial charge in [-0.25, -0.2) is 0 Å². The van der Waals surface area contributed by atoms with Gasteiger partial charge < -0.3 is 15.4 Å². The Morgan fingerprint density at radius 3 is 2.39 bits per heavy atom. The molecule has 0 radical (unpaired) electrons. The first-order valence-corrected chi connectivity index (χ1v) is 5.85. The lowest BCUT2D eigenvalue weighted by Crippen LogP contribution is -2.11. The van der Waals surface area contributed by atoms with Crippen molar-refractivity contribution in [1.29, 1.82) is 0 Å². The van der Waals surface area contributed by atoms with E-state index in [1.165, 1.54) is 0 Å². The molecule has 0 saturated carbocycles. The number of aromatic nitrogens is 1. The van der Waals surface area contributed by atoms with Crippen molar-refractivity contribution in [2.75, 3.05) is 5.73 Å². The maximum Gasteiger partial charge on any atom is 0.229 e. The van der Waals surface area contributed by atoms with Crippen LogP contribution in [0.25, 0.3) is 11.1 Å².